The molecule has 0 radical (unpaired) electrons. The maximum atomic E-state index is 11.3. The Bertz CT molecular complexity index is 472. The van der Waals surface area contributed by atoms with E-state index in [4.69, 9.17) is 9.47 Å². The number of ether oxygens (including phenoxy) is 2. The molecule has 0 fully saturated rings. The zero-order valence-corrected chi connectivity index (χ0v) is 9.03. The Labute approximate surface area is 94.0 Å². The minimum Gasteiger partial charge on any atom is -0.489 e. The normalized spacial score (nSPS) is 12.6. The minimum absolute atomic E-state index is 0.379. The fourth-order valence-corrected chi connectivity index (χ4v) is 1.36. The van der Waals surface area contributed by atoms with Crippen LogP contribution < -0.4 is 9.47 Å². The number of fused-ring (bicyclic) bond motifs is 1. The van der Waals surface area contributed by atoms with Gasteiger partial charge in [-0.05, 0) is 31.2 Å². The van der Waals surface area contributed by atoms with Gasteiger partial charge >= 0.3 is 5.97 Å². The Kier molecular flexibility index (Phi) is 2.77. The average molecular weight is 216 g/mol. The molecule has 1 aliphatic heterocycles. The van der Waals surface area contributed by atoms with E-state index in [0.717, 1.165) is 11.3 Å². The number of carbonyl (C=O) groups is 1. The van der Waals surface area contributed by atoms with Crippen molar-refractivity contribution in [2.45, 2.75) is 6.92 Å². The average Bonchev–Trinajstić information content (AvgIpc) is 2.28. The summed E-state index contributed by atoms with van der Waals surface area (Å²) in [5, 5.41) is 0. The van der Waals surface area contributed by atoms with Crippen molar-refractivity contribution in [2.75, 3.05) is 6.61 Å². The van der Waals surface area contributed by atoms with Gasteiger partial charge < -0.3 is 9.47 Å². The van der Waals surface area contributed by atoms with E-state index >= 15 is 0 Å². The third-order valence-corrected chi connectivity index (χ3v) is 2.17. The van der Waals surface area contributed by atoms with Gasteiger partial charge in [0.2, 0.25) is 0 Å². The lowest BCUT2D eigenvalue weighted by Crippen LogP contribution is -2.08. The van der Waals surface area contributed by atoms with Crippen molar-refractivity contribution in [3.63, 3.8) is 0 Å². The lowest BCUT2D eigenvalue weighted by Gasteiger charge is -2.13. The van der Waals surface area contributed by atoms with Crippen LogP contribution in [-0.2, 0) is 4.79 Å². The van der Waals surface area contributed by atoms with Gasteiger partial charge in [-0.1, -0.05) is 12.7 Å². The fraction of sp³-hybridized carbons (Fsp3) is 0.154. The summed E-state index contributed by atoms with van der Waals surface area (Å²) in [6.07, 6.45) is 3.85. The van der Waals surface area contributed by atoms with E-state index in [1.54, 1.807) is 25.1 Å². The lowest BCUT2D eigenvalue weighted by atomic mass is 10.1. The van der Waals surface area contributed by atoms with Gasteiger partial charge in [0, 0.05) is 11.1 Å². The number of esters is 1. The Morgan fingerprint density at radius 2 is 2.31 bits per heavy atom. The smallest absolute Gasteiger partial charge is 0.338 e. The molecule has 0 amide bonds. The van der Waals surface area contributed by atoms with Crippen LogP contribution in [0.3, 0.4) is 0 Å². The molecule has 0 bridgehead atoms. The van der Waals surface area contributed by atoms with Crippen molar-refractivity contribution in [3.8, 4) is 11.5 Å². The number of carbonyl (C=O) groups excluding carboxylic acids is 1. The minimum atomic E-state index is -0.416. The molecule has 16 heavy (non-hydrogen) atoms. The Hall–Kier alpha value is -2.03. The zero-order valence-electron chi connectivity index (χ0n) is 9.03. The molecule has 0 saturated heterocycles. The largest absolute Gasteiger partial charge is 0.489 e. The van der Waals surface area contributed by atoms with Crippen molar-refractivity contribution in [3.05, 3.63) is 42.0 Å². The maximum Gasteiger partial charge on any atom is 0.338 e. The summed E-state index contributed by atoms with van der Waals surface area (Å²) in [5.41, 5.74) is 1.29. The van der Waals surface area contributed by atoms with Crippen LogP contribution in [0.1, 0.15) is 12.5 Å². The fourth-order valence-electron chi connectivity index (χ4n) is 1.36. The van der Waals surface area contributed by atoms with Crippen molar-refractivity contribution in [2.24, 2.45) is 0 Å². The number of benzene rings is 1. The molecule has 1 aromatic carbocycles. The molecular weight excluding hydrogens is 204 g/mol. The van der Waals surface area contributed by atoms with Crippen molar-refractivity contribution in [1.82, 2.24) is 0 Å². The van der Waals surface area contributed by atoms with E-state index in [9.17, 15) is 4.79 Å². The van der Waals surface area contributed by atoms with Gasteiger partial charge in [-0.15, -0.1) is 0 Å². The first-order valence-corrected chi connectivity index (χ1v) is 4.98. The van der Waals surface area contributed by atoms with E-state index in [-0.39, 0.29) is 0 Å². The molecule has 82 valence electrons. The third kappa shape index (κ3) is 2.14. The van der Waals surface area contributed by atoms with Crippen LogP contribution in [0.15, 0.2) is 36.4 Å². The number of rotatable bonds is 2. The highest BCUT2D eigenvalue weighted by Crippen LogP contribution is 2.28. The molecule has 0 N–H and O–H groups in total. The second-order valence-electron chi connectivity index (χ2n) is 3.58. The monoisotopic (exact) mass is 216 g/mol. The molecule has 3 heteroatoms. The molecule has 0 aromatic heterocycles. The van der Waals surface area contributed by atoms with E-state index < -0.39 is 5.97 Å². The Morgan fingerprint density at radius 1 is 1.50 bits per heavy atom. The van der Waals surface area contributed by atoms with Crippen LogP contribution in [0.4, 0.5) is 0 Å². The predicted octanol–water partition coefficient (Wildman–Crippen LogP) is 2.57. The van der Waals surface area contributed by atoms with Crippen molar-refractivity contribution in [1.29, 1.82) is 0 Å². The molecule has 0 spiro atoms. The second kappa shape index (κ2) is 4.23. The van der Waals surface area contributed by atoms with E-state index in [0.29, 0.717) is 17.9 Å². The summed E-state index contributed by atoms with van der Waals surface area (Å²) >= 11 is 0. The molecule has 1 heterocycles. The summed E-state index contributed by atoms with van der Waals surface area (Å²) in [5.74, 6) is 0.889. The summed E-state index contributed by atoms with van der Waals surface area (Å²) in [6, 6.07) is 5.27. The van der Waals surface area contributed by atoms with Gasteiger partial charge in [-0.3, -0.25) is 0 Å². The van der Waals surface area contributed by atoms with Crippen LogP contribution in [0.5, 0.6) is 11.5 Å². The molecule has 2 rings (SSSR count). The van der Waals surface area contributed by atoms with Crippen molar-refractivity contribution < 1.29 is 14.3 Å². The first-order valence-electron chi connectivity index (χ1n) is 4.98. The van der Waals surface area contributed by atoms with Gasteiger partial charge in [0.05, 0.1) is 0 Å². The molecule has 0 aliphatic carbocycles. The molecule has 1 aromatic rings. The number of hydrogen-bond donors (Lipinski definition) is 0. The first-order chi connectivity index (χ1) is 7.66. The molecule has 0 atom stereocenters. The third-order valence-electron chi connectivity index (χ3n) is 2.17. The van der Waals surface area contributed by atoms with Gasteiger partial charge in [-0.25, -0.2) is 4.79 Å². The predicted molar refractivity (Wildman–Crippen MR) is 61.4 cm³/mol. The topological polar surface area (TPSA) is 35.5 Å². The maximum absolute atomic E-state index is 11.3. The number of hydrogen-bond acceptors (Lipinski definition) is 3. The first kappa shape index (κ1) is 10.5. The van der Waals surface area contributed by atoms with Crippen LogP contribution in [0.2, 0.25) is 0 Å². The highest BCUT2D eigenvalue weighted by Gasteiger charge is 2.09. The highest BCUT2D eigenvalue weighted by atomic mass is 16.5. The quantitative estimate of drug-likeness (QED) is 0.433. The standard InChI is InChI=1S/C13H12O3/c1-9(2)13(14)16-11-5-6-12-10(8-11)4-3-7-15-12/h3-6,8H,1,7H2,2H3. The summed E-state index contributed by atoms with van der Waals surface area (Å²) in [4.78, 5) is 11.3. The molecule has 3 nitrogen and oxygen atoms in total. The van der Waals surface area contributed by atoms with Gasteiger partial charge in [0.1, 0.15) is 18.1 Å². The Morgan fingerprint density at radius 3 is 3.06 bits per heavy atom. The zero-order chi connectivity index (χ0) is 11.5. The second-order valence-corrected chi connectivity index (χ2v) is 3.58. The van der Waals surface area contributed by atoms with Crippen LogP contribution >= 0.6 is 0 Å². The van der Waals surface area contributed by atoms with Crippen LogP contribution in [-0.4, -0.2) is 12.6 Å². The van der Waals surface area contributed by atoms with Gasteiger partial charge in [0.15, 0.2) is 0 Å². The molecule has 1 aliphatic rings. The van der Waals surface area contributed by atoms with E-state index in [1.807, 2.05) is 12.2 Å². The van der Waals surface area contributed by atoms with E-state index in [1.165, 1.54) is 0 Å². The SMILES string of the molecule is C=C(C)C(=O)Oc1ccc2c(c1)C=CCO2. The Balaban J connectivity index is 2.22. The molecule has 0 saturated carbocycles. The van der Waals surface area contributed by atoms with E-state index in [2.05, 4.69) is 6.58 Å². The summed E-state index contributed by atoms with van der Waals surface area (Å²) < 4.78 is 10.5. The molecular formula is C13H12O3. The van der Waals surface area contributed by atoms with Gasteiger partial charge in [-0.2, -0.15) is 0 Å². The van der Waals surface area contributed by atoms with Crippen LogP contribution in [0, 0.1) is 0 Å². The van der Waals surface area contributed by atoms with Crippen molar-refractivity contribution >= 4 is 12.0 Å². The van der Waals surface area contributed by atoms with Crippen LogP contribution in [0.25, 0.3) is 6.08 Å². The van der Waals surface area contributed by atoms with Gasteiger partial charge in [0.25, 0.3) is 0 Å². The highest BCUT2D eigenvalue weighted by molar-refractivity contribution is 5.88. The molecule has 0 unspecified atom stereocenters. The lowest BCUT2D eigenvalue weighted by molar-refractivity contribution is -0.130. The summed E-state index contributed by atoms with van der Waals surface area (Å²) in [7, 11) is 0. The summed E-state index contributed by atoms with van der Waals surface area (Å²) in [6.45, 7) is 5.72.